The van der Waals surface area contributed by atoms with Crippen LogP contribution in [-0.2, 0) is 11.3 Å². The molecule has 2 aromatic rings. The van der Waals surface area contributed by atoms with E-state index in [1.807, 2.05) is 13.8 Å². The van der Waals surface area contributed by atoms with Crippen LogP contribution in [0.4, 0.5) is 5.95 Å². The average Bonchev–Trinajstić information content (AvgIpc) is 2.69. The lowest BCUT2D eigenvalue weighted by atomic mass is 10.3. The fourth-order valence-corrected chi connectivity index (χ4v) is 3.55. The van der Waals surface area contributed by atoms with E-state index in [0.717, 1.165) is 54.1 Å². The highest BCUT2D eigenvalue weighted by Gasteiger charge is 2.17. The molecule has 9 heteroatoms. The number of rotatable bonds is 6. The van der Waals surface area contributed by atoms with Crippen molar-refractivity contribution in [3.05, 3.63) is 42.0 Å². The number of piperazine rings is 1. The zero-order valence-electron chi connectivity index (χ0n) is 15.5. The maximum Gasteiger partial charge on any atom is 0.243 e. The first-order valence-corrected chi connectivity index (χ1v) is 9.59. The van der Waals surface area contributed by atoms with Crippen LogP contribution in [0.3, 0.4) is 0 Å². The second-order valence-electron chi connectivity index (χ2n) is 6.12. The van der Waals surface area contributed by atoms with Gasteiger partial charge in [-0.3, -0.25) is 4.79 Å². The first-order valence-electron chi connectivity index (χ1n) is 8.78. The van der Waals surface area contributed by atoms with Gasteiger partial charge >= 0.3 is 0 Å². The molecule has 1 amide bonds. The third-order valence-corrected chi connectivity index (χ3v) is 5.28. The standard InChI is InChI=1S/C18H23N7OS/c1-4-15(26)21-11-14-5-6-20-18(24-14)27-16-12(2)22-17(23-13(16)3)25-9-7-19-8-10-25/h4-6,19H,1,7-11H2,2-3H3,(H,21,26). The summed E-state index contributed by atoms with van der Waals surface area (Å²) >= 11 is 1.44. The highest BCUT2D eigenvalue weighted by Crippen LogP contribution is 2.30. The minimum atomic E-state index is -0.230. The first kappa shape index (κ1) is 19.2. The molecule has 0 radical (unpaired) electrons. The van der Waals surface area contributed by atoms with Crippen LogP contribution in [0.5, 0.6) is 0 Å². The molecule has 2 aromatic heterocycles. The van der Waals surface area contributed by atoms with E-state index in [1.54, 1.807) is 12.3 Å². The fraction of sp³-hybridized carbons (Fsp3) is 0.389. The maximum atomic E-state index is 11.3. The summed E-state index contributed by atoms with van der Waals surface area (Å²) in [6.45, 7) is 11.4. The molecule has 27 heavy (non-hydrogen) atoms. The molecule has 1 aliphatic heterocycles. The summed E-state index contributed by atoms with van der Waals surface area (Å²) in [7, 11) is 0. The second kappa shape index (κ2) is 8.92. The van der Waals surface area contributed by atoms with Crippen molar-refractivity contribution in [2.75, 3.05) is 31.1 Å². The van der Waals surface area contributed by atoms with Gasteiger partial charge in [0.25, 0.3) is 0 Å². The van der Waals surface area contributed by atoms with Gasteiger partial charge in [-0.25, -0.2) is 19.9 Å². The molecule has 0 saturated carbocycles. The van der Waals surface area contributed by atoms with E-state index in [0.29, 0.717) is 11.7 Å². The summed E-state index contributed by atoms with van der Waals surface area (Å²) in [4.78, 5) is 32.7. The Kier molecular flexibility index (Phi) is 6.36. The number of carbonyl (C=O) groups is 1. The molecule has 3 rings (SSSR count). The molecule has 0 aliphatic carbocycles. The van der Waals surface area contributed by atoms with Gasteiger partial charge in [0.05, 0.1) is 28.5 Å². The van der Waals surface area contributed by atoms with Gasteiger partial charge in [-0.2, -0.15) is 0 Å². The van der Waals surface area contributed by atoms with Crippen LogP contribution in [0.15, 0.2) is 35.0 Å². The van der Waals surface area contributed by atoms with Crippen molar-refractivity contribution in [3.8, 4) is 0 Å². The second-order valence-corrected chi connectivity index (χ2v) is 7.09. The van der Waals surface area contributed by atoms with Crippen LogP contribution >= 0.6 is 11.8 Å². The predicted molar refractivity (Wildman–Crippen MR) is 105 cm³/mol. The zero-order chi connectivity index (χ0) is 19.2. The van der Waals surface area contributed by atoms with Gasteiger partial charge in [0.2, 0.25) is 11.9 Å². The topological polar surface area (TPSA) is 95.9 Å². The van der Waals surface area contributed by atoms with E-state index in [1.165, 1.54) is 17.8 Å². The molecule has 1 aliphatic rings. The maximum absolute atomic E-state index is 11.3. The van der Waals surface area contributed by atoms with Gasteiger partial charge in [-0.1, -0.05) is 6.58 Å². The van der Waals surface area contributed by atoms with Crippen LogP contribution in [0.25, 0.3) is 0 Å². The highest BCUT2D eigenvalue weighted by atomic mass is 32.2. The Morgan fingerprint density at radius 2 is 2.00 bits per heavy atom. The lowest BCUT2D eigenvalue weighted by molar-refractivity contribution is -0.116. The van der Waals surface area contributed by atoms with Gasteiger partial charge in [0, 0.05) is 32.4 Å². The Balaban J connectivity index is 1.75. The van der Waals surface area contributed by atoms with Crippen molar-refractivity contribution in [3.63, 3.8) is 0 Å². The number of amides is 1. The van der Waals surface area contributed by atoms with Gasteiger partial charge in [0.1, 0.15) is 0 Å². The van der Waals surface area contributed by atoms with Crippen LogP contribution in [0.2, 0.25) is 0 Å². The molecule has 8 nitrogen and oxygen atoms in total. The van der Waals surface area contributed by atoms with E-state index >= 15 is 0 Å². The van der Waals surface area contributed by atoms with Crippen molar-refractivity contribution < 1.29 is 4.79 Å². The van der Waals surface area contributed by atoms with E-state index in [4.69, 9.17) is 0 Å². The minimum absolute atomic E-state index is 0.230. The summed E-state index contributed by atoms with van der Waals surface area (Å²) in [5.41, 5.74) is 2.56. The van der Waals surface area contributed by atoms with Gasteiger partial charge in [0.15, 0.2) is 5.16 Å². The van der Waals surface area contributed by atoms with Crippen LogP contribution in [0, 0.1) is 13.8 Å². The van der Waals surface area contributed by atoms with Crippen LogP contribution < -0.4 is 15.5 Å². The number of nitrogens with one attached hydrogen (secondary N) is 2. The van der Waals surface area contributed by atoms with Crippen molar-refractivity contribution in [1.29, 1.82) is 0 Å². The predicted octanol–water partition coefficient (Wildman–Crippen LogP) is 1.25. The Morgan fingerprint density at radius 1 is 1.30 bits per heavy atom. The van der Waals surface area contributed by atoms with E-state index in [-0.39, 0.29) is 5.91 Å². The zero-order valence-corrected chi connectivity index (χ0v) is 16.3. The van der Waals surface area contributed by atoms with E-state index in [2.05, 4.69) is 42.0 Å². The van der Waals surface area contributed by atoms with Gasteiger partial charge in [-0.05, 0) is 37.8 Å². The van der Waals surface area contributed by atoms with Gasteiger partial charge in [-0.15, -0.1) is 0 Å². The summed E-state index contributed by atoms with van der Waals surface area (Å²) in [5.74, 6) is 0.545. The smallest absolute Gasteiger partial charge is 0.243 e. The van der Waals surface area contributed by atoms with Gasteiger partial charge < -0.3 is 15.5 Å². The van der Waals surface area contributed by atoms with Crippen molar-refractivity contribution in [1.82, 2.24) is 30.6 Å². The molecule has 1 saturated heterocycles. The first-order chi connectivity index (χ1) is 13.1. The average molecular weight is 385 g/mol. The molecular weight excluding hydrogens is 362 g/mol. The van der Waals surface area contributed by atoms with Crippen LogP contribution in [-0.4, -0.2) is 52.0 Å². The number of nitrogens with zero attached hydrogens (tertiary/aromatic N) is 5. The molecular formula is C18H23N7OS. The number of hydrogen-bond donors (Lipinski definition) is 2. The molecule has 3 heterocycles. The number of hydrogen-bond acceptors (Lipinski definition) is 8. The molecule has 0 bridgehead atoms. The molecule has 1 fully saturated rings. The van der Waals surface area contributed by atoms with Crippen LogP contribution in [0.1, 0.15) is 17.1 Å². The number of anilines is 1. The summed E-state index contributed by atoms with van der Waals surface area (Å²) in [6, 6.07) is 1.77. The fourth-order valence-electron chi connectivity index (χ4n) is 2.71. The van der Waals surface area contributed by atoms with E-state index in [9.17, 15) is 4.79 Å². The number of aryl methyl sites for hydroxylation is 2. The molecule has 0 atom stereocenters. The molecule has 0 spiro atoms. The molecule has 142 valence electrons. The SMILES string of the molecule is C=CC(=O)NCc1ccnc(Sc2c(C)nc(N3CCNCC3)nc2C)n1. The van der Waals surface area contributed by atoms with Crippen molar-refractivity contribution >= 4 is 23.6 Å². The third-order valence-electron chi connectivity index (χ3n) is 4.11. The minimum Gasteiger partial charge on any atom is -0.347 e. The monoisotopic (exact) mass is 385 g/mol. The van der Waals surface area contributed by atoms with Crippen molar-refractivity contribution in [2.24, 2.45) is 0 Å². The lowest BCUT2D eigenvalue weighted by Gasteiger charge is -2.28. The Labute approximate surface area is 162 Å². The molecule has 0 aromatic carbocycles. The molecule has 0 unspecified atom stereocenters. The number of carbonyl (C=O) groups excluding carboxylic acids is 1. The summed E-state index contributed by atoms with van der Waals surface area (Å²) in [6.07, 6.45) is 2.92. The summed E-state index contributed by atoms with van der Waals surface area (Å²) < 4.78 is 0. The Hall–Kier alpha value is -2.52. The normalized spacial score (nSPS) is 14.1. The third kappa shape index (κ3) is 5.01. The molecule has 2 N–H and O–H groups in total. The Bertz CT molecular complexity index is 813. The lowest BCUT2D eigenvalue weighted by Crippen LogP contribution is -2.44. The largest absolute Gasteiger partial charge is 0.347 e. The quantitative estimate of drug-likeness (QED) is 0.567. The van der Waals surface area contributed by atoms with E-state index < -0.39 is 0 Å². The number of aromatic nitrogens is 4. The highest BCUT2D eigenvalue weighted by molar-refractivity contribution is 7.99. The van der Waals surface area contributed by atoms with Crippen molar-refractivity contribution in [2.45, 2.75) is 30.4 Å². The Morgan fingerprint density at radius 3 is 2.67 bits per heavy atom. The summed E-state index contributed by atoms with van der Waals surface area (Å²) in [5, 5.41) is 6.65.